The number of amides is 1. The minimum absolute atomic E-state index is 0. The molecular weight excluding hydrogens is 457 g/mol. The van der Waals surface area contributed by atoms with Crippen molar-refractivity contribution in [3.05, 3.63) is 35.9 Å². The fourth-order valence-electron chi connectivity index (χ4n) is 2.20. The van der Waals surface area contributed by atoms with Crippen LogP contribution in [0.1, 0.15) is 12.0 Å². The molecule has 1 aromatic carbocycles. The van der Waals surface area contributed by atoms with E-state index in [1.54, 1.807) is 26.1 Å². The van der Waals surface area contributed by atoms with E-state index in [1.165, 1.54) is 0 Å². The Balaban J connectivity index is 0.00000676. The smallest absolute Gasteiger partial charge is 0.241 e. The number of ether oxygens (including phenoxy) is 1. The summed E-state index contributed by atoms with van der Waals surface area (Å²) in [6.07, 6.45) is 1.01. The van der Waals surface area contributed by atoms with Crippen molar-refractivity contribution in [3.8, 4) is 0 Å². The predicted octanol–water partition coefficient (Wildman–Crippen LogP) is 1.40. The summed E-state index contributed by atoms with van der Waals surface area (Å²) in [5, 5.41) is 6.41. The zero-order valence-electron chi connectivity index (χ0n) is 16.9. The number of likely N-dealkylation sites (N-methyl/N-ethyl adjacent to an activating group) is 2. The molecule has 0 aliphatic rings. The highest BCUT2D eigenvalue weighted by Crippen LogP contribution is 1.99. The highest BCUT2D eigenvalue weighted by atomic mass is 127. The second-order valence-electron chi connectivity index (χ2n) is 6.37. The Bertz CT molecular complexity index is 540. The van der Waals surface area contributed by atoms with Crippen LogP contribution < -0.4 is 10.6 Å². The van der Waals surface area contributed by atoms with Crippen LogP contribution in [-0.2, 0) is 16.1 Å². The third-order valence-corrected chi connectivity index (χ3v) is 3.84. The number of halogens is 1. The van der Waals surface area contributed by atoms with Gasteiger partial charge in [0.2, 0.25) is 5.91 Å². The molecule has 0 spiro atoms. The molecule has 0 aromatic heterocycles. The number of aliphatic imine (C=N–C) groups is 1. The Morgan fingerprint density at radius 1 is 1.11 bits per heavy atom. The first-order chi connectivity index (χ1) is 12.5. The minimum Gasteiger partial charge on any atom is -0.385 e. The van der Waals surface area contributed by atoms with Gasteiger partial charge in [-0.3, -0.25) is 4.79 Å². The van der Waals surface area contributed by atoms with Gasteiger partial charge in [-0.2, -0.15) is 0 Å². The molecule has 27 heavy (non-hydrogen) atoms. The van der Waals surface area contributed by atoms with Gasteiger partial charge in [-0.25, -0.2) is 4.99 Å². The molecule has 0 bridgehead atoms. The molecule has 0 unspecified atom stereocenters. The summed E-state index contributed by atoms with van der Waals surface area (Å²) in [6, 6.07) is 10.1. The molecule has 0 atom stereocenters. The fraction of sp³-hybridized carbons (Fsp3) is 0.579. The molecule has 8 heteroatoms. The van der Waals surface area contributed by atoms with Crippen molar-refractivity contribution in [3.63, 3.8) is 0 Å². The van der Waals surface area contributed by atoms with E-state index in [1.807, 2.05) is 30.3 Å². The number of hydrogen-bond acceptors (Lipinski definition) is 4. The second kappa shape index (κ2) is 15.6. The molecule has 0 heterocycles. The van der Waals surface area contributed by atoms with Gasteiger partial charge in [0.1, 0.15) is 0 Å². The summed E-state index contributed by atoms with van der Waals surface area (Å²) in [7, 11) is 7.29. The van der Waals surface area contributed by atoms with Gasteiger partial charge in [-0.05, 0) is 19.0 Å². The minimum atomic E-state index is 0. The van der Waals surface area contributed by atoms with Crippen LogP contribution in [0.3, 0.4) is 0 Å². The number of nitrogens with one attached hydrogen (secondary N) is 2. The van der Waals surface area contributed by atoms with E-state index in [-0.39, 0.29) is 36.4 Å². The largest absolute Gasteiger partial charge is 0.385 e. The number of methoxy groups -OCH3 is 1. The predicted molar refractivity (Wildman–Crippen MR) is 122 cm³/mol. The SMILES string of the molecule is COCCCN(C)CCNC(=NCc1ccccc1)NCC(=O)N(C)C.I. The zero-order valence-corrected chi connectivity index (χ0v) is 19.2. The topological polar surface area (TPSA) is 69.2 Å². The van der Waals surface area contributed by atoms with E-state index in [0.29, 0.717) is 12.5 Å². The van der Waals surface area contributed by atoms with Crippen LogP contribution >= 0.6 is 24.0 Å². The van der Waals surface area contributed by atoms with Crippen LogP contribution in [-0.4, -0.2) is 82.7 Å². The lowest BCUT2D eigenvalue weighted by Gasteiger charge is -2.19. The number of benzene rings is 1. The van der Waals surface area contributed by atoms with Crippen molar-refractivity contribution in [2.24, 2.45) is 4.99 Å². The molecule has 1 amide bonds. The van der Waals surface area contributed by atoms with E-state index in [0.717, 1.165) is 38.2 Å². The van der Waals surface area contributed by atoms with E-state index >= 15 is 0 Å². The van der Waals surface area contributed by atoms with Crippen molar-refractivity contribution in [1.29, 1.82) is 0 Å². The van der Waals surface area contributed by atoms with Crippen molar-refractivity contribution >= 4 is 35.8 Å². The van der Waals surface area contributed by atoms with Crippen LogP contribution in [0.15, 0.2) is 35.3 Å². The summed E-state index contributed by atoms with van der Waals surface area (Å²) >= 11 is 0. The monoisotopic (exact) mass is 491 g/mol. The van der Waals surface area contributed by atoms with Gasteiger partial charge in [0.05, 0.1) is 13.1 Å². The number of guanidine groups is 1. The summed E-state index contributed by atoms with van der Waals surface area (Å²) < 4.78 is 5.08. The van der Waals surface area contributed by atoms with Gasteiger partial charge in [0.25, 0.3) is 0 Å². The Labute approximate surface area is 180 Å². The standard InChI is InChI=1S/C19H33N5O2.HI/c1-23(2)18(25)16-22-19(21-15-17-9-6-5-7-10-17)20-11-13-24(3)12-8-14-26-4;/h5-7,9-10H,8,11-16H2,1-4H3,(H2,20,21,22);1H. The first kappa shape index (κ1) is 25.6. The second-order valence-corrected chi connectivity index (χ2v) is 6.37. The van der Waals surface area contributed by atoms with Crippen molar-refractivity contribution in [2.45, 2.75) is 13.0 Å². The molecule has 1 aromatic rings. The summed E-state index contributed by atoms with van der Waals surface area (Å²) in [6.45, 7) is 4.18. The number of carbonyl (C=O) groups is 1. The van der Waals surface area contributed by atoms with Gasteiger partial charge < -0.3 is 25.2 Å². The number of nitrogens with zero attached hydrogens (tertiary/aromatic N) is 3. The van der Waals surface area contributed by atoms with Gasteiger partial charge in [-0.15, -0.1) is 24.0 Å². The Morgan fingerprint density at radius 2 is 1.81 bits per heavy atom. The first-order valence-electron chi connectivity index (χ1n) is 8.96. The van der Waals surface area contributed by atoms with Gasteiger partial charge >= 0.3 is 0 Å². The highest BCUT2D eigenvalue weighted by molar-refractivity contribution is 14.0. The molecule has 154 valence electrons. The van der Waals surface area contributed by atoms with Crippen LogP contribution in [0.5, 0.6) is 0 Å². The molecule has 0 aliphatic heterocycles. The summed E-state index contributed by atoms with van der Waals surface area (Å²) in [5.41, 5.74) is 1.13. The molecule has 7 nitrogen and oxygen atoms in total. The van der Waals surface area contributed by atoms with Gasteiger partial charge in [0.15, 0.2) is 5.96 Å². The molecule has 1 rings (SSSR count). The van der Waals surface area contributed by atoms with Crippen LogP contribution in [0, 0.1) is 0 Å². The molecule has 0 aliphatic carbocycles. The van der Waals surface area contributed by atoms with E-state index < -0.39 is 0 Å². The number of carbonyl (C=O) groups excluding carboxylic acids is 1. The lowest BCUT2D eigenvalue weighted by Crippen LogP contribution is -2.45. The Morgan fingerprint density at radius 3 is 2.44 bits per heavy atom. The highest BCUT2D eigenvalue weighted by Gasteiger charge is 2.06. The maximum Gasteiger partial charge on any atom is 0.241 e. The van der Waals surface area contributed by atoms with Crippen LogP contribution in [0.2, 0.25) is 0 Å². The molecule has 0 fully saturated rings. The number of hydrogen-bond donors (Lipinski definition) is 2. The Hall–Kier alpha value is -1.39. The van der Waals surface area contributed by atoms with E-state index in [2.05, 4.69) is 27.6 Å². The van der Waals surface area contributed by atoms with Crippen LogP contribution in [0.4, 0.5) is 0 Å². The summed E-state index contributed by atoms with van der Waals surface area (Å²) in [4.78, 5) is 20.2. The fourth-order valence-corrected chi connectivity index (χ4v) is 2.20. The lowest BCUT2D eigenvalue weighted by molar-refractivity contribution is -0.127. The summed E-state index contributed by atoms with van der Waals surface area (Å²) in [5.74, 6) is 0.658. The average molecular weight is 491 g/mol. The third-order valence-electron chi connectivity index (χ3n) is 3.84. The van der Waals surface area contributed by atoms with Crippen molar-refractivity contribution in [1.82, 2.24) is 20.4 Å². The third kappa shape index (κ3) is 12.6. The molecule has 0 saturated carbocycles. The lowest BCUT2D eigenvalue weighted by atomic mass is 10.2. The normalized spacial score (nSPS) is 11.1. The molecule has 0 radical (unpaired) electrons. The maximum atomic E-state index is 11.8. The average Bonchev–Trinajstić information content (AvgIpc) is 2.64. The van der Waals surface area contributed by atoms with Gasteiger partial charge in [0, 0.05) is 47.4 Å². The molecule has 0 saturated heterocycles. The van der Waals surface area contributed by atoms with Crippen molar-refractivity contribution in [2.75, 3.05) is 61.0 Å². The quantitative estimate of drug-likeness (QED) is 0.212. The van der Waals surface area contributed by atoms with Crippen molar-refractivity contribution < 1.29 is 9.53 Å². The first-order valence-corrected chi connectivity index (χ1v) is 8.96. The van der Waals surface area contributed by atoms with Gasteiger partial charge in [-0.1, -0.05) is 30.3 Å². The van der Waals surface area contributed by atoms with E-state index in [9.17, 15) is 4.79 Å². The van der Waals surface area contributed by atoms with E-state index in [4.69, 9.17) is 4.74 Å². The van der Waals surface area contributed by atoms with Crippen LogP contribution in [0.25, 0.3) is 0 Å². The molecular formula is C19H34IN5O2. The molecule has 2 N–H and O–H groups in total. The Kier molecular flexibility index (Phi) is 14.8. The number of rotatable bonds is 11. The maximum absolute atomic E-state index is 11.8. The zero-order chi connectivity index (χ0) is 19.2.